The van der Waals surface area contributed by atoms with Crippen LogP contribution < -0.4 is 4.74 Å². The third-order valence-electron chi connectivity index (χ3n) is 2.96. The molecule has 1 aromatic heterocycles. The molecular weight excluding hydrogens is 254 g/mol. The fourth-order valence-electron chi connectivity index (χ4n) is 1.96. The van der Waals surface area contributed by atoms with Crippen molar-refractivity contribution in [3.63, 3.8) is 0 Å². The van der Waals surface area contributed by atoms with E-state index >= 15 is 0 Å². The van der Waals surface area contributed by atoms with Gasteiger partial charge in [-0.05, 0) is 31.2 Å². The van der Waals surface area contributed by atoms with Gasteiger partial charge in [0.25, 0.3) is 5.91 Å². The van der Waals surface area contributed by atoms with Gasteiger partial charge in [-0.25, -0.2) is 0 Å². The lowest BCUT2D eigenvalue weighted by molar-refractivity contribution is 0.0714. The van der Waals surface area contributed by atoms with E-state index in [9.17, 15) is 4.79 Å². The van der Waals surface area contributed by atoms with Crippen LogP contribution in [-0.4, -0.2) is 27.0 Å². The highest BCUT2D eigenvalue weighted by molar-refractivity contribution is 5.91. The number of rotatable bonds is 3. The average molecular weight is 267 g/mol. The van der Waals surface area contributed by atoms with Gasteiger partial charge >= 0.3 is 0 Å². The minimum Gasteiger partial charge on any atom is -0.481 e. The first-order valence-electron chi connectivity index (χ1n) is 6.32. The lowest BCUT2D eigenvalue weighted by Crippen LogP contribution is -2.30. The Morgan fingerprint density at radius 2 is 1.80 bits per heavy atom. The third kappa shape index (κ3) is 2.25. The SMILES string of the molecule is CC(Oc1ccccc1)C(=O)n1nnc2ccccc21. The van der Waals surface area contributed by atoms with Gasteiger partial charge in [0.1, 0.15) is 11.3 Å². The lowest BCUT2D eigenvalue weighted by atomic mass is 10.3. The second-order valence-electron chi connectivity index (χ2n) is 4.40. The van der Waals surface area contributed by atoms with Gasteiger partial charge in [-0.1, -0.05) is 35.5 Å². The molecule has 5 nitrogen and oxygen atoms in total. The van der Waals surface area contributed by atoms with Crippen LogP contribution in [0.15, 0.2) is 54.6 Å². The van der Waals surface area contributed by atoms with Gasteiger partial charge in [-0.3, -0.25) is 4.79 Å². The number of hydrogen-bond donors (Lipinski definition) is 0. The highest BCUT2D eigenvalue weighted by Gasteiger charge is 2.20. The number of fused-ring (bicyclic) bond motifs is 1. The van der Waals surface area contributed by atoms with E-state index in [1.165, 1.54) is 4.68 Å². The molecular formula is C15H13N3O2. The molecule has 3 aromatic rings. The Hall–Kier alpha value is -2.69. The molecule has 100 valence electrons. The Balaban J connectivity index is 1.85. The van der Waals surface area contributed by atoms with Crippen LogP contribution in [0.2, 0.25) is 0 Å². The summed E-state index contributed by atoms with van der Waals surface area (Å²) in [6.07, 6.45) is -0.637. The van der Waals surface area contributed by atoms with Gasteiger partial charge in [-0.15, -0.1) is 5.10 Å². The van der Waals surface area contributed by atoms with Crippen molar-refractivity contribution >= 4 is 16.9 Å². The lowest BCUT2D eigenvalue weighted by Gasteiger charge is -2.13. The van der Waals surface area contributed by atoms with Crippen LogP contribution >= 0.6 is 0 Å². The molecule has 0 aliphatic carbocycles. The number of ether oxygens (including phenoxy) is 1. The molecule has 0 aliphatic rings. The number of hydrogen-bond acceptors (Lipinski definition) is 4. The highest BCUT2D eigenvalue weighted by Crippen LogP contribution is 2.14. The Morgan fingerprint density at radius 1 is 1.10 bits per heavy atom. The van der Waals surface area contributed by atoms with Crippen molar-refractivity contribution in [2.75, 3.05) is 0 Å². The summed E-state index contributed by atoms with van der Waals surface area (Å²) in [4.78, 5) is 12.4. The second-order valence-corrected chi connectivity index (χ2v) is 4.40. The molecule has 2 aromatic carbocycles. The van der Waals surface area contributed by atoms with E-state index in [1.54, 1.807) is 6.92 Å². The first-order chi connectivity index (χ1) is 9.75. The third-order valence-corrected chi connectivity index (χ3v) is 2.96. The van der Waals surface area contributed by atoms with Crippen molar-refractivity contribution in [1.29, 1.82) is 0 Å². The number of carbonyl (C=O) groups is 1. The zero-order valence-electron chi connectivity index (χ0n) is 10.9. The smallest absolute Gasteiger partial charge is 0.289 e. The van der Waals surface area contributed by atoms with Gasteiger partial charge in [0, 0.05) is 0 Å². The standard InChI is InChI=1S/C15H13N3O2/c1-11(20-12-7-3-2-4-8-12)15(19)18-14-10-6-5-9-13(14)16-17-18/h2-11H,1H3. The summed E-state index contributed by atoms with van der Waals surface area (Å²) in [5.41, 5.74) is 1.37. The molecule has 5 heteroatoms. The fourth-order valence-corrected chi connectivity index (χ4v) is 1.96. The quantitative estimate of drug-likeness (QED) is 0.731. The molecule has 0 amide bonds. The van der Waals surface area contributed by atoms with Gasteiger partial charge in [0.2, 0.25) is 0 Å². The predicted octanol–water partition coefficient (Wildman–Crippen LogP) is 2.54. The van der Waals surface area contributed by atoms with E-state index in [4.69, 9.17) is 4.74 Å². The maximum absolute atomic E-state index is 12.4. The predicted molar refractivity (Wildman–Crippen MR) is 74.7 cm³/mol. The summed E-state index contributed by atoms with van der Waals surface area (Å²) in [6.45, 7) is 1.70. The van der Waals surface area contributed by atoms with E-state index < -0.39 is 6.10 Å². The number of carbonyl (C=O) groups excluding carboxylic acids is 1. The maximum Gasteiger partial charge on any atom is 0.289 e. The molecule has 1 heterocycles. The van der Waals surface area contributed by atoms with Crippen LogP contribution in [0.25, 0.3) is 11.0 Å². The normalized spacial score (nSPS) is 12.2. The molecule has 1 unspecified atom stereocenters. The van der Waals surface area contributed by atoms with E-state index in [0.717, 1.165) is 0 Å². The first-order valence-corrected chi connectivity index (χ1v) is 6.32. The highest BCUT2D eigenvalue weighted by atomic mass is 16.5. The number of para-hydroxylation sites is 2. The Labute approximate surface area is 115 Å². The number of aromatic nitrogens is 3. The molecule has 0 saturated carbocycles. The molecule has 0 saturated heterocycles. The molecule has 0 bridgehead atoms. The van der Waals surface area contributed by atoms with Crippen LogP contribution in [0.4, 0.5) is 0 Å². The van der Waals surface area contributed by atoms with Crippen molar-refractivity contribution in [1.82, 2.24) is 15.0 Å². The second kappa shape index (κ2) is 5.13. The van der Waals surface area contributed by atoms with Crippen molar-refractivity contribution in [3.05, 3.63) is 54.6 Å². The summed E-state index contributed by atoms with van der Waals surface area (Å²) in [7, 11) is 0. The first kappa shape index (κ1) is 12.3. The molecule has 0 spiro atoms. The van der Waals surface area contributed by atoms with Gasteiger partial charge in [0.05, 0.1) is 5.52 Å². The van der Waals surface area contributed by atoms with Crippen molar-refractivity contribution in [3.8, 4) is 5.75 Å². The zero-order chi connectivity index (χ0) is 13.9. The Bertz CT molecular complexity index is 737. The van der Waals surface area contributed by atoms with Crippen molar-refractivity contribution in [2.24, 2.45) is 0 Å². The molecule has 0 radical (unpaired) electrons. The van der Waals surface area contributed by atoms with E-state index in [-0.39, 0.29) is 5.91 Å². The summed E-state index contributed by atoms with van der Waals surface area (Å²) in [5.74, 6) is 0.403. The van der Waals surface area contributed by atoms with Crippen LogP contribution in [-0.2, 0) is 0 Å². The molecule has 0 N–H and O–H groups in total. The summed E-state index contributed by atoms with van der Waals surface area (Å²) < 4.78 is 6.89. The minimum atomic E-state index is -0.637. The Morgan fingerprint density at radius 3 is 2.60 bits per heavy atom. The number of benzene rings is 2. The average Bonchev–Trinajstić information content (AvgIpc) is 2.91. The maximum atomic E-state index is 12.4. The summed E-state index contributed by atoms with van der Waals surface area (Å²) in [6, 6.07) is 16.6. The molecule has 1 atom stereocenters. The van der Waals surface area contributed by atoms with Gasteiger partial charge < -0.3 is 4.74 Å². The topological polar surface area (TPSA) is 57.0 Å². The summed E-state index contributed by atoms with van der Waals surface area (Å²) in [5, 5.41) is 7.86. The van der Waals surface area contributed by atoms with Crippen molar-refractivity contribution in [2.45, 2.75) is 13.0 Å². The molecule has 3 rings (SSSR count). The van der Waals surface area contributed by atoms with Crippen LogP contribution in [0.3, 0.4) is 0 Å². The van der Waals surface area contributed by atoms with Crippen LogP contribution in [0.5, 0.6) is 5.75 Å². The zero-order valence-corrected chi connectivity index (χ0v) is 10.9. The summed E-state index contributed by atoms with van der Waals surface area (Å²) >= 11 is 0. The molecule has 20 heavy (non-hydrogen) atoms. The van der Waals surface area contributed by atoms with E-state index in [0.29, 0.717) is 16.8 Å². The number of nitrogens with zero attached hydrogens (tertiary/aromatic N) is 3. The Kier molecular flexibility index (Phi) is 3.16. The van der Waals surface area contributed by atoms with E-state index in [2.05, 4.69) is 10.3 Å². The van der Waals surface area contributed by atoms with Gasteiger partial charge in [0.15, 0.2) is 6.10 Å². The van der Waals surface area contributed by atoms with Crippen LogP contribution in [0, 0.1) is 0 Å². The van der Waals surface area contributed by atoms with Gasteiger partial charge in [-0.2, -0.15) is 4.68 Å². The van der Waals surface area contributed by atoms with Crippen LogP contribution in [0.1, 0.15) is 11.7 Å². The molecule has 0 fully saturated rings. The monoisotopic (exact) mass is 267 g/mol. The minimum absolute atomic E-state index is 0.248. The van der Waals surface area contributed by atoms with E-state index in [1.807, 2.05) is 54.6 Å². The largest absolute Gasteiger partial charge is 0.481 e. The molecule has 0 aliphatic heterocycles. The fraction of sp³-hybridized carbons (Fsp3) is 0.133. The van der Waals surface area contributed by atoms with Crippen molar-refractivity contribution < 1.29 is 9.53 Å².